The van der Waals surface area contributed by atoms with Crippen LogP contribution in [0.2, 0.25) is 0 Å². The average molecular weight is 339 g/mol. The number of thiazole rings is 1. The Bertz CT molecular complexity index is 807. The predicted molar refractivity (Wildman–Crippen MR) is 98.0 cm³/mol. The van der Waals surface area contributed by atoms with Gasteiger partial charge in [0.1, 0.15) is 0 Å². The van der Waals surface area contributed by atoms with E-state index in [-0.39, 0.29) is 5.91 Å². The number of rotatable bonds is 2. The molecule has 1 fully saturated rings. The molecule has 0 N–H and O–H groups in total. The first-order valence-corrected chi connectivity index (χ1v) is 9.84. The second kappa shape index (κ2) is 5.59. The van der Waals surface area contributed by atoms with Gasteiger partial charge in [-0.2, -0.15) is 0 Å². The molecule has 5 rings (SSSR count). The Morgan fingerprint density at radius 1 is 1.00 bits per heavy atom. The van der Waals surface area contributed by atoms with Crippen LogP contribution in [0.3, 0.4) is 0 Å². The highest BCUT2D eigenvalue weighted by atomic mass is 32.1. The molecular weight excluding hydrogens is 318 g/mol. The van der Waals surface area contributed by atoms with Crippen molar-refractivity contribution in [3.05, 3.63) is 28.6 Å². The van der Waals surface area contributed by atoms with Gasteiger partial charge in [-0.05, 0) is 55.4 Å². The molecule has 4 heterocycles. The molecule has 0 bridgehead atoms. The molecule has 1 amide bonds. The van der Waals surface area contributed by atoms with E-state index in [0.717, 1.165) is 43.3 Å². The molecule has 1 saturated heterocycles. The molecular formula is C19H21N3OS. The zero-order valence-corrected chi connectivity index (χ0v) is 14.6. The van der Waals surface area contributed by atoms with E-state index in [1.54, 1.807) is 11.3 Å². The minimum atomic E-state index is 0.260. The molecule has 124 valence electrons. The number of piperidine rings is 1. The van der Waals surface area contributed by atoms with Crippen LogP contribution < -0.4 is 9.80 Å². The molecule has 0 saturated carbocycles. The van der Waals surface area contributed by atoms with Gasteiger partial charge in [0.25, 0.3) is 0 Å². The van der Waals surface area contributed by atoms with Gasteiger partial charge in [0.05, 0.1) is 17.8 Å². The number of aromatic nitrogens is 1. The van der Waals surface area contributed by atoms with Crippen molar-refractivity contribution in [2.45, 2.75) is 38.5 Å². The molecule has 24 heavy (non-hydrogen) atoms. The van der Waals surface area contributed by atoms with Crippen LogP contribution in [0.5, 0.6) is 0 Å². The monoisotopic (exact) mass is 339 g/mol. The van der Waals surface area contributed by atoms with Gasteiger partial charge in [0.15, 0.2) is 5.13 Å². The maximum atomic E-state index is 12.2. The third-order valence-corrected chi connectivity index (χ3v) is 6.32. The number of hydrogen-bond donors (Lipinski definition) is 0. The molecule has 0 spiro atoms. The van der Waals surface area contributed by atoms with Gasteiger partial charge < -0.3 is 9.80 Å². The van der Waals surface area contributed by atoms with Crippen molar-refractivity contribution in [1.29, 1.82) is 0 Å². The normalized spacial score (nSPS) is 19.8. The fraction of sp³-hybridized carbons (Fsp3) is 0.474. The Labute approximate surface area is 146 Å². The van der Waals surface area contributed by atoms with Crippen LogP contribution in [0, 0.1) is 0 Å². The second-order valence-corrected chi connectivity index (χ2v) is 7.87. The van der Waals surface area contributed by atoms with Gasteiger partial charge in [-0.15, -0.1) is 11.3 Å². The summed E-state index contributed by atoms with van der Waals surface area (Å²) in [6, 6.07) is 4.45. The predicted octanol–water partition coefficient (Wildman–Crippen LogP) is 3.64. The number of benzene rings is 1. The largest absolute Gasteiger partial charge is 0.348 e. The Morgan fingerprint density at radius 2 is 1.83 bits per heavy atom. The summed E-state index contributed by atoms with van der Waals surface area (Å²) in [6.45, 7) is 3.14. The Balaban J connectivity index is 1.51. The second-order valence-electron chi connectivity index (χ2n) is 7.03. The lowest BCUT2D eigenvalue weighted by atomic mass is 9.96. The zero-order chi connectivity index (χ0) is 16.1. The Morgan fingerprint density at radius 3 is 2.71 bits per heavy atom. The summed E-state index contributed by atoms with van der Waals surface area (Å²) in [5.41, 5.74) is 5.96. The summed E-state index contributed by atoms with van der Waals surface area (Å²) in [5, 5.41) is 3.33. The van der Waals surface area contributed by atoms with E-state index in [1.807, 2.05) is 4.90 Å². The van der Waals surface area contributed by atoms with Crippen molar-refractivity contribution >= 4 is 28.1 Å². The number of aryl methyl sites for hydroxylation is 1. The van der Waals surface area contributed by atoms with Gasteiger partial charge >= 0.3 is 0 Å². The number of nitrogens with zero attached hydrogens (tertiary/aromatic N) is 3. The zero-order valence-electron chi connectivity index (χ0n) is 13.8. The number of carbonyl (C=O) groups excluding carboxylic acids is 1. The van der Waals surface area contributed by atoms with Gasteiger partial charge in [0.2, 0.25) is 5.91 Å². The molecule has 0 aliphatic carbocycles. The smallest absolute Gasteiger partial charge is 0.231 e. The highest BCUT2D eigenvalue weighted by Crippen LogP contribution is 2.40. The third-order valence-electron chi connectivity index (χ3n) is 5.42. The van der Waals surface area contributed by atoms with Crippen LogP contribution >= 0.6 is 11.3 Å². The molecule has 0 unspecified atom stereocenters. The van der Waals surface area contributed by atoms with Gasteiger partial charge in [-0.3, -0.25) is 4.79 Å². The molecule has 3 aliphatic heterocycles. The molecule has 1 aromatic heterocycles. The average Bonchev–Trinajstić information content (AvgIpc) is 3.23. The fourth-order valence-electron chi connectivity index (χ4n) is 4.25. The van der Waals surface area contributed by atoms with Gasteiger partial charge in [-0.25, -0.2) is 4.98 Å². The van der Waals surface area contributed by atoms with E-state index < -0.39 is 0 Å². The van der Waals surface area contributed by atoms with Crippen molar-refractivity contribution in [3.8, 4) is 11.3 Å². The van der Waals surface area contributed by atoms with Crippen molar-refractivity contribution in [1.82, 2.24) is 4.98 Å². The van der Waals surface area contributed by atoms with E-state index >= 15 is 0 Å². The first-order valence-electron chi connectivity index (χ1n) is 8.96. The van der Waals surface area contributed by atoms with Gasteiger partial charge in [-0.1, -0.05) is 0 Å². The number of anilines is 2. The molecule has 1 aromatic carbocycles. The minimum Gasteiger partial charge on any atom is -0.348 e. The van der Waals surface area contributed by atoms with E-state index in [0.29, 0.717) is 6.42 Å². The third kappa shape index (κ3) is 2.25. The van der Waals surface area contributed by atoms with E-state index in [4.69, 9.17) is 4.98 Å². The van der Waals surface area contributed by atoms with Crippen LogP contribution in [-0.4, -0.2) is 30.5 Å². The fourth-order valence-corrected chi connectivity index (χ4v) is 5.14. The molecule has 5 heteroatoms. The maximum absolute atomic E-state index is 12.2. The molecule has 0 radical (unpaired) electrons. The van der Waals surface area contributed by atoms with Crippen molar-refractivity contribution in [2.75, 3.05) is 29.4 Å². The number of carbonyl (C=O) groups is 1. The highest BCUT2D eigenvalue weighted by Gasteiger charge is 2.32. The Kier molecular flexibility index (Phi) is 3.37. The Hall–Kier alpha value is -1.88. The van der Waals surface area contributed by atoms with Crippen LogP contribution in [-0.2, 0) is 17.6 Å². The number of hydrogen-bond acceptors (Lipinski definition) is 4. The lowest BCUT2D eigenvalue weighted by Crippen LogP contribution is -2.31. The van der Waals surface area contributed by atoms with E-state index in [2.05, 4.69) is 22.4 Å². The quantitative estimate of drug-likeness (QED) is 0.838. The lowest BCUT2D eigenvalue weighted by molar-refractivity contribution is -0.117. The van der Waals surface area contributed by atoms with Gasteiger partial charge in [0, 0.05) is 30.6 Å². The van der Waals surface area contributed by atoms with Crippen molar-refractivity contribution < 1.29 is 4.79 Å². The van der Waals surface area contributed by atoms with Crippen molar-refractivity contribution in [3.63, 3.8) is 0 Å². The minimum absolute atomic E-state index is 0.260. The van der Waals surface area contributed by atoms with Crippen LogP contribution in [0.1, 0.15) is 36.8 Å². The summed E-state index contributed by atoms with van der Waals surface area (Å²) < 4.78 is 0. The number of amides is 1. The highest BCUT2D eigenvalue weighted by molar-refractivity contribution is 7.14. The summed E-state index contributed by atoms with van der Waals surface area (Å²) in [5.74, 6) is 0.260. The van der Waals surface area contributed by atoms with E-state index in [9.17, 15) is 4.79 Å². The van der Waals surface area contributed by atoms with Crippen LogP contribution in [0.4, 0.5) is 10.8 Å². The lowest BCUT2D eigenvalue weighted by Gasteiger charge is -2.26. The first kappa shape index (κ1) is 14.5. The summed E-state index contributed by atoms with van der Waals surface area (Å²) in [7, 11) is 0. The topological polar surface area (TPSA) is 36.4 Å². The molecule has 2 aromatic rings. The summed E-state index contributed by atoms with van der Waals surface area (Å²) in [4.78, 5) is 21.5. The van der Waals surface area contributed by atoms with E-state index in [1.165, 1.54) is 41.6 Å². The molecule has 4 nitrogen and oxygen atoms in total. The summed E-state index contributed by atoms with van der Waals surface area (Å²) >= 11 is 1.75. The van der Waals surface area contributed by atoms with Crippen LogP contribution in [0.15, 0.2) is 17.5 Å². The van der Waals surface area contributed by atoms with Crippen LogP contribution in [0.25, 0.3) is 11.3 Å². The maximum Gasteiger partial charge on any atom is 0.231 e. The molecule has 3 aliphatic rings. The molecule has 0 atom stereocenters. The standard InChI is InChI=1S/C19H21N3OS/c23-17-11-15-10-14(9-13-5-4-8-22(17)18(13)15)16-12-24-19(20-16)21-6-2-1-3-7-21/h9-10,12H,1-8,11H2. The van der Waals surface area contributed by atoms with Crippen molar-refractivity contribution in [2.24, 2.45) is 0 Å². The summed E-state index contributed by atoms with van der Waals surface area (Å²) in [6.07, 6.45) is 6.58. The SMILES string of the molecule is O=C1Cc2cc(-c3csc(N4CCCCC4)n3)cc3c2N1CCC3. The first-order chi connectivity index (χ1) is 11.8.